The molecule has 3 saturated carbocycles. The van der Waals surface area contributed by atoms with Gasteiger partial charge in [0.05, 0.1) is 0 Å². The summed E-state index contributed by atoms with van der Waals surface area (Å²) >= 11 is 0. The van der Waals surface area contributed by atoms with E-state index in [2.05, 4.69) is 13.8 Å². The van der Waals surface area contributed by atoms with Gasteiger partial charge in [-0.1, -0.05) is 71.6 Å². The van der Waals surface area contributed by atoms with Crippen LogP contribution in [0.15, 0.2) is 0 Å². The summed E-state index contributed by atoms with van der Waals surface area (Å²) in [7, 11) is 0. The molecule has 0 aromatic rings. The first kappa shape index (κ1) is 22.6. The summed E-state index contributed by atoms with van der Waals surface area (Å²) in [5.41, 5.74) is 0. The second-order valence-electron chi connectivity index (χ2n) is 11.0. The van der Waals surface area contributed by atoms with Gasteiger partial charge in [0.2, 0.25) is 0 Å². The minimum atomic E-state index is 0.402. The van der Waals surface area contributed by atoms with Crippen molar-refractivity contribution in [1.29, 1.82) is 0 Å². The topological polar surface area (TPSA) is 20.2 Å². The first-order valence-corrected chi connectivity index (χ1v) is 13.4. The minimum absolute atomic E-state index is 0.402. The van der Waals surface area contributed by atoms with Gasteiger partial charge in [-0.3, -0.25) is 0 Å². The number of hydrogen-bond acceptors (Lipinski definition) is 1. The van der Waals surface area contributed by atoms with Crippen LogP contribution >= 0.6 is 0 Å². The first-order valence-electron chi connectivity index (χ1n) is 13.4. The van der Waals surface area contributed by atoms with Crippen LogP contribution in [0.3, 0.4) is 0 Å². The molecule has 0 radical (unpaired) electrons. The molecular formula is C27H50O. The average Bonchev–Trinajstić information content (AvgIpc) is 2.75. The van der Waals surface area contributed by atoms with E-state index in [-0.39, 0.29) is 0 Å². The van der Waals surface area contributed by atoms with Crippen LogP contribution in [0.4, 0.5) is 0 Å². The summed E-state index contributed by atoms with van der Waals surface area (Å²) in [5.74, 6) is 7.07. The molecule has 28 heavy (non-hydrogen) atoms. The van der Waals surface area contributed by atoms with Gasteiger partial charge in [0.25, 0.3) is 0 Å². The van der Waals surface area contributed by atoms with E-state index >= 15 is 0 Å². The van der Waals surface area contributed by atoms with Crippen molar-refractivity contribution >= 4 is 0 Å². The molecule has 0 spiro atoms. The van der Waals surface area contributed by atoms with E-state index in [1.807, 2.05) is 0 Å². The molecule has 1 heteroatoms. The molecule has 1 nitrogen and oxygen atoms in total. The van der Waals surface area contributed by atoms with Gasteiger partial charge in [0.15, 0.2) is 0 Å². The minimum Gasteiger partial charge on any atom is -0.396 e. The monoisotopic (exact) mass is 390 g/mol. The van der Waals surface area contributed by atoms with Crippen LogP contribution in [0.5, 0.6) is 0 Å². The molecule has 3 fully saturated rings. The molecule has 3 aliphatic rings. The fraction of sp³-hybridized carbons (Fsp3) is 1.00. The fourth-order valence-corrected chi connectivity index (χ4v) is 7.56. The highest BCUT2D eigenvalue weighted by Crippen LogP contribution is 2.49. The maximum Gasteiger partial charge on any atom is 0.0433 e. The van der Waals surface area contributed by atoms with Gasteiger partial charge < -0.3 is 5.11 Å². The quantitative estimate of drug-likeness (QED) is 0.395. The second-order valence-corrected chi connectivity index (χ2v) is 11.0. The second kappa shape index (κ2) is 12.0. The van der Waals surface area contributed by atoms with Gasteiger partial charge in [-0.25, -0.2) is 0 Å². The SMILES string of the molecule is CCCCCC1CCC(C2CCC(C3CCC(CCO)CC3)C(CC)C2)CC1. The molecule has 0 bridgehead atoms. The summed E-state index contributed by atoms with van der Waals surface area (Å²) < 4.78 is 0. The predicted octanol–water partition coefficient (Wildman–Crippen LogP) is 8.00. The van der Waals surface area contributed by atoms with Gasteiger partial charge >= 0.3 is 0 Å². The van der Waals surface area contributed by atoms with Crippen molar-refractivity contribution in [1.82, 2.24) is 0 Å². The zero-order chi connectivity index (χ0) is 19.8. The molecule has 164 valence electrons. The lowest BCUT2D eigenvalue weighted by Crippen LogP contribution is -2.35. The van der Waals surface area contributed by atoms with E-state index in [1.165, 1.54) is 64.2 Å². The Morgan fingerprint density at radius 3 is 1.86 bits per heavy atom. The highest BCUT2D eigenvalue weighted by Gasteiger charge is 2.38. The van der Waals surface area contributed by atoms with E-state index in [1.54, 1.807) is 38.5 Å². The van der Waals surface area contributed by atoms with Crippen molar-refractivity contribution in [3.05, 3.63) is 0 Å². The molecule has 1 N–H and O–H groups in total. The van der Waals surface area contributed by atoms with E-state index in [9.17, 15) is 5.11 Å². The number of aliphatic hydroxyl groups excluding tert-OH is 1. The van der Waals surface area contributed by atoms with Crippen LogP contribution in [0.2, 0.25) is 0 Å². The van der Waals surface area contributed by atoms with Crippen molar-refractivity contribution in [3.63, 3.8) is 0 Å². The van der Waals surface area contributed by atoms with Gasteiger partial charge in [-0.2, -0.15) is 0 Å². The normalized spacial score (nSPS) is 39.8. The van der Waals surface area contributed by atoms with Gasteiger partial charge in [0.1, 0.15) is 0 Å². The Labute approximate surface area is 176 Å². The zero-order valence-corrected chi connectivity index (χ0v) is 19.2. The zero-order valence-electron chi connectivity index (χ0n) is 19.2. The first-order chi connectivity index (χ1) is 13.7. The molecule has 3 rings (SSSR count). The fourth-order valence-electron chi connectivity index (χ4n) is 7.56. The summed E-state index contributed by atoms with van der Waals surface area (Å²) in [4.78, 5) is 0. The van der Waals surface area contributed by atoms with Crippen molar-refractivity contribution in [3.8, 4) is 0 Å². The molecule has 0 aromatic heterocycles. The Morgan fingerprint density at radius 2 is 1.25 bits per heavy atom. The maximum absolute atomic E-state index is 9.24. The Kier molecular flexibility index (Phi) is 9.68. The lowest BCUT2D eigenvalue weighted by Gasteiger charge is -2.45. The Morgan fingerprint density at radius 1 is 0.643 bits per heavy atom. The highest BCUT2D eigenvalue weighted by molar-refractivity contribution is 4.89. The van der Waals surface area contributed by atoms with E-state index in [0.717, 1.165) is 47.8 Å². The maximum atomic E-state index is 9.24. The van der Waals surface area contributed by atoms with E-state index < -0.39 is 0 Å². The molecule has 0 saturated heterocycles. The smallest absolute Gasteiger partial charge is 0.0433 e. The molecule has 3 aliphatic carbocycles. The molecular weight excluding hydrogens is 340 g/mol. The van der Waals surface area contributed by atoms with Crippen LogP contribution < -0.4 is 0 Å². The molecule has 3 atom stereocenters. The van der Waals surface area contributed by atoms with Crippen LogP contribution in [0, 0.1) is 41.4 Å². The standard InChI is InChI=1S/C27H50O/c1-3-5-6-7-21-8-12-24(13-9-21)26-16-17-27(23(4-2)20-26)25-14-10-22(11-15-25)18-19-28/h21-28H,3-20H2,1-2H3. The van der Waals surface area contributed by atoms with Gasteiger partial charge in [-0.15, -0.1) is 0 Å². The van der Waals surface area contributed by atoms with E-state index in [0.29, 0.717) is 6.61 Å². The molecule has 0 heterocycles. The van der Waals surface area contributed by atoms with Crippen molar-refractivity contribution in [2.75, 3.05) is 6.61 Å². The van der Waals surface area contributed by atoms with Crippen LogP contribution in [-0.4, -0.2) is 11.7 Å². The molecule has 3 unspecified atom stereocenters. The average molecular weight is 391 g/mol. The van der Waals surface area contributed by atoms with Gasteiger partial charge in [-0.05, 0) is 92.8 Å². The summed E-state index contributed by atoms with van der Waals surface area (Å²) in [6, 6.07) is 0. The molecule has 0 aromatic carbocycles. The summed E-state index contributed by atoms with van der Waals surface area (Å²) in [6.45, 7) is 5.21. The largest absolute Gasteiger partial charge is 0.396 e. The summed E-state index contributed by atoms with van der Waals surface area (Å²) in [5, 5.41) is 9.24. The molecule has 0 amide bonds. The lowest BCUT2D eigenvalue weighted by molar-refractivity contribution is 0.0509. The third-order valence-electron chi connectivity index (χ3n) is 9.41. The predicted molar refractivity (Wildman–Crippen MR) is 121 cm³/mol. The van der Waals surface area contributed by atoms with Gasteiger partial charge in [0, 0.05) is 6.61 Å². The lowest BCUT2D eigenvalue weighted by atomic mass is 9.60. The summed E-state index contributed by atoms with van der Waals surface area (Å²) in [6.07, 6.45) is 24.8. The Bertz CT molecular complexity index is 402. The van der Waals surface area contributed by atoms with Crippen molar-refractivity contribution < 1.29 is 5.11 Å². The molecule has 0 aliphatic heterocycles. The third kappa shape index (κ3) is 6.23. The van der Waals surface area contributed by atoms with Crippen molar-refractivity contribution in [2.45, 2.75) is 123 Å². The number of rotatable bonds is 9. The Hall–Kier alpha value is -0.0400. The number of aliphatic hydroxyl groups is 1. The van der Waals surface area contributed by atoms with Crippen LogP contribution in [-0.2, 0) is 0 Å². The number of unbranched alkanes of at least 4 members (excludes halogenated alkanes) is 2. The number of hydrogen-bond donors (Lipinski definition) is 1. The highest BCUT2D eigenvalue weighted by atomic mass is 16.3. The van der Waals surface area contributed by atoms with Crippen LogP contribution in [0.25, 0.3) is 0 Å². The third-order valence-corrected chi connectivity index (χ3v) is 9.41. The van der Waals surface area contributed by atoms with Crippen LogP contribution in [0.1, 0.15) is 123 Å². The Balaban J connectivity index is 1.42. The van der Waals surface area contributed by atoms with Crippen molar-refractivity contribution in [2.24, 2.45) is 41.4 Å². The van der Waals surface area contributed by atoms with E-state index in [4.69, 9.17) is 0 Å².